The molecule has 34 heavy (non-hydrogen) atoms. The average Bonchev–Trinajstić information content (AvgIpc) is 2.91. The zero-order valence-corrected chi connectivity index (χ0v) is 20.9. The zero-order chi connectivity index (χ0) is 24.2. The van der Waals surface area contributed by atoms with Gasteiger partial charge in [-0.05, 0) is 41.9 Å². The number of aliphatic hydroxyl groups is 1. The molecule has 3 rings (SSSR count). The van der Waals surface area contributed by atoms with Crippen LogP contribution in [0.4, 0.5) is 0 Å². The van der Waals surface area contributed by atoms with Crippen molar-refractivity contribution in [2.24, 2.45) is 5.92 Å². The molecule has 3 aromatic rings. The number of aliphatic hydroxyl groups excluding tert-OH is 1. The number of hydrogen-bond donors (Lipinski definition) is 1. The van der Waals surface area contributed by atoms with Crippen molar-refractivity contribution in [2.75, 3.05) is 13.2 Å². The van der Waals surface area contributed by atoms with Gasteiger partial charge in [0.25, 0.3) is 0 Å². The molecular formula is C31H40O3. The molecular weight excluding hydrogens is 420 g/mol. The molecule has 0 aromatic heterocycles. The topological polar surface area (TPSA) is 38.7 Å². The van der Waals surface area contributed by atoms with E-state index in [0.717, 1.165) is 36.0 Å². The molecule has 3 heteroatoms. The quantitative estimate of drug-likeness (QED) is 0.264. The maximum atomic E-state index is 9.93. The molecule has 0 fully saturated rings. The Kier molecular flexibility index (Phi) is 10.3. The Morgan fingerprint density at radius 1 is 0.647 bits per heavy atom. The molecule has 0 spiro atoms. The van der Waals surface area contributed by atoms with Gasteiger partial charge in [0.05, 0.1) is 25.4 Å². The van der Waals surface area contributed by atoms with Crippen LogP contribution in [0.5, 0.6) is 0 Å². The SMILES string of the molecule is CCC(O)CO[C@H](CC)C[C@@H](CC)COC(c1ccccc1)(c1ccccc1)c1ccccc1. The van der Waals surface area contributed by atoms with Crippen LogP contribution in [0.25, 0.3) is 0 Å². The van der Waals surface area contributed by atoms with E-state index in [9.17, 15) is 5.11 Å². The molecule has 0 amide bonds. The second-order valence-corrected chi connectivity index (χ2v) is 9.03. The van der Waals surface area contributed by atoms with Gasteiger partial charge in [-0.15, -0.1) is 0 Å². The zero-order valence-electron chi connectivity index (χ0n) is 20.9. The van der Waals surface area contributed by atoms with Gasteiger partial charge in [0.15, 0.2) is 0 Å². The van der Waals surface area contributed by atoms with Crippen molar-refractivity contribution in [3.63, 3.8) is 0 Å². The highest BCUT2D eigenvalue weighted by Gasteiger charge is 2.38. The van der Waals surface area contributed by atoms with Crippen molar-refractivity contribution in [2.45, 2.75) is 64.3 Å². The number of hydrogen-bond acceptors (Lipinski definition) is 3. The van der Waals surface area contributed by atoms with Crippen LogP contribution in [-0.4, -0.2) is 30.5 Å². The Labute approximate surface area is 205 Å². The summed E-state index contributed by atoms with van der Waals surface area (Å²) in [4.78, 5) is 0. The van der Waals surface area contributed by atoms with Crippen molar-refractivity contribution >= 4 is 0 Å². The standard InChI is InChI=1S/C31H40O3/c1-4-25(22-30(6-3)33-24-29(32)5-2)23-34-31(26-16-10-7-11-17-26,27-18-12-8-13-19-27)28-20-14-9-15-21-28/h7-21,25,29-30,32H,4-6,22-24H2,1-3H3/t25-,29?,30-/m1/s1. The molecule has 0 saturated carbocycles. The fraction of sp³-hybridized carbons (Fsp3) is 0.419. The van der Waals surface area contributed by atoms with Crippen LogP contribution in [-0.2, 0) is 15.1 Å². The minimum Gasteiger partial charge on any atom is -0.391 e. The lowest BCUT2D eigenvalue weighted by molar-refractivity contribution is -0.0446. The van der Waals surface area contributed by atoms with E-state index in [-0.39, 0.29) is 6.10 Å². The lowest BCUT2D eigenvalue weighted by atomic mass is 9.80. The molecule has 0 aliphatic rings. The third-order valence-corrected chi connectivity index (χ3v) is 6.70. The molecule has 3 atom stereocenters. The lowest BCUT2D eigenvalue weighted by Gasteiger charge is -2.37. The van der Waals surface area contributed by atoms with Gasteiger partial charge in [-0.2, -0.15) is 0 Å². The van der Waals surface area contributed by atoms with Gasteiger partial charge in [-0.3, -0.25) is 0 Å². The first kappa shape index (κ1) is 26.2. The van der Waals surface area contributed by atoms with Gasteiger partial charge < -0.3 is 14.6 Å². The molecule has 0 aliphatic heterocycles. The van der Waals surface area contributed by atoms with E-state index < -0.39 is 11.7 Å². The maximum Gasteiger partial charge on any atom is 0.143 e. The number of ether oxygens (including phenoxy) is 2. The Balaban J connectivity index is 1.91. The molecule has 182 valence electrons. The molecule has 0 saturated heterocycles. The second kappa shape index (κ2) is 13.4. The summed E-state index contributed by atoms with van der Waals surface area (Å²) in [6.45, 7) is 7.36. The number of rotatable bonds is 14. The monoisotopic (exact) mass is 460 g/mol. The molecule has 1 N–H and O–H groups in total. The first-order valence-corrected chi connectivity index (χ1v) is 12.7. The highest BCUT2D eigenvalue weighted by atomic mass is 16.5. The second-order valence-electron chi connectivity index (χ2n) is 9.03. The van der Waals surface area contributed by atoms with Crippen LogP contribution in [0.1, 0.15) is 63.1 Å². The van der Waals surface area contributed by atoms with Crippen LogP contribution in [0.2, 0.25) is 0 Å². The average molecular weight is 461 g/mol. The van der Waals surface area contributed by atoms with Crippen LogP contribution in [0, 0.1) is 5.92 Å². The first-order valence-electron chi connectivity index (χ1n) is 12.7. The minimum atomic E-state index is -0.696. The van der Waals surface area contributed by atoms with E-state index in [4.69, 9.17) is 9.47 Å². The van der Waals surface area contributed by atoms with E-state index in [1.807, 2.05) is 25.1 Å². The molecule has 3 aromatic carbocycles. The normalized spacial score (nSPS) is 14.5. The maximum absolute atomic E-state index is 9.93. The summed E-state index contributed by atoms with van der Waals surface area (Å²) in [6.07, 6.45) is 3.28. The predicted molar refractivity (Wildman–Crippen MR) is 140 cm³/mol. The van der Waals surface area contributed by atoms with Crippen molar-refractivity contribution in [1.29, 1.82) is 0 Å². The third kappa shape index (κ3) is 6.56. The molecule has 0 bridgehead atoms. The third-order valence-electron chi connectivity index (χ3n) is 6.70. The fourth-order valence-electron chi connectivity index (χ4n) is 4.45. The van der Waals surface area contributed by atoms with Gasteiger partial charge in [-0.25, -0.2) is 0 Å². The molecule has 1 unspecified atom stereocenters. The summed E-state index contributed by atoms with van der Waals surface area (Å²) in [5.74, 6) is 0.347. The van der Waals surface area contributed by atoms with Crippen molar-refractivity contribution in [3.05, 3.63) is 108 Å². The van der Waals surface area contributed by atoms with Crippen LogP contribution < -0.4 is 0 Å². The van der Waals surface area contributed by atoms with Crippen LogP contribution in [0.3, 0.4) is 0 Å². The van der Waals surface area contributed by atoms with Crippen molar-refractivity contribution in [1.82, 2.24) is 0 Å². The summed E-state index contributed by atoms with van der Waals surface area (Å²) >= 11 is 0. The number of benzene rings is 3. The summed E-state index contributed by atoms with van der Waals surface area (Å²) in [5.41, 5.74) is 2.67. The van der Waals surface area contributed by atoms with Gasteiger partial charge in [0, 0.05) is 0 Å². The van der Waals surface area contributed by atoms with Gasteiger partial charge in [0.2, 0.25) is 0 Å². The Bertz CT molecular complexity index is 830. The molecule has 0 heterocycles. The van der Waals surface area contributed by atoms with E-state index in [0.29, 0.717) is 25.6 Å². The molecule has 0 aliphatic carbocycles. The Morgan fingerprint density at radius 2 is 1.12 bits per heavy atom. The van der Waals surface area contributed by atoms with Crippen molar-refractivity contribution < 1.29 is 14.6 Å². The van der Waals surface area contributed by atoms with E-state index >= 15 is 0 Å². The van der Waals surface area contributed by atoms with Gasteiger partial charge >= 0.3 is 0 Å². The van der Waals surface area contributed by atoms with E-state index in [1.54, 1.807) is 0 Å². The molecule has 3 nitrogen and oxygen atoms in total. The Hall–Kier alpha value is -2.46. The summed E-state index contributed by atoms with van der Waals surface area (Å²) in [7, 11) is 0. The summed E-state index contributed by atoms with van der Waals surface area (Å²) in [5, 5.41) is 9.93. The van der Waals surface area contributed by atoms with E-state index in [1.165, 1.54) is 0 Å². The van der Waals surface area contributed by atoms with Gasteiger partial charge in [-0.1, -0.05) is 118 Å². The van der Waals surface area contributed by atoms with E-state index in [2.05, 4.69) is 86.6 Å². The van der Waals surface area contributed by atoms with Crippen molar-refractivity contribution in [3.8, 4) is 0 Å². The summed E-state index contributed by atoms with van der Waals surface area (Å²) < 4.78 is 13.1. The van der Waals surface area contributed by atoms with Gasteiger partial charge in [0.1, 0.15) is 5.60 Å². The summed E-state index contributed by atoms with van der Waals surface area (Å²) in [6, 6.07) is 31.6. The largest absolute Gasteiger partial charge is 0.391 e. The fourth-order valence-corrected chi connectivity index (χ4v) is 4.45. The first-order chi connectivity index (χ1) is 16.6. The highest BCUT2D eigenvalue weighted by Crippen LogP contribution is 2.41. The lowest BCUT2D eigenvalue weighted by Crippen LogP contribution is -2.35. The van der Waals surface area contributed by atoms with Crippen LogP contribution >= 0.6 is 0 Å². The highest BCUT2D eigenvalue weighted by molar-refractivity contribution is 5.47. The predicted octanol–water partition coefficient (Wildman–Crippen LogP) is 6.98. The van der Waals surface area contributed by atoms with Crippen LogP contribution in [0.15, 0.2) is 91.0 Å². The minimum absolute atomic E-state index is 0.120. The molecule has 0 radical (unpaired) electrons. The Morgan fingerprint density at radius 3 is 1.50 bits per heavy atom. The smallest absolute Gasteiger partial charge is 0.143 e.